The van der Waals surface area contributed by atoms with Gasteiger partial charge in [-0.15, -0.1) is 0 Å². The summed E-state index contributed by atoms with van der Waals surface area (Å²) >= 11 is 0. The molecule has 1 aliphatic rings. The van der Waals surface area contributed by atoms with Gasteiger partial charge in [0.25, 0.3) is 5.91 Å². The van der Waals surface area contributed by atoms with Gasteiger partial charge in [-0.2, -0.15) is 5.10 Å². The molecule has 1 saturated heterocycles. The van der Waals surface area contributed by atoms with Gasteiger partial charge in [0.15, 0.2) is 5.65 Å². The van der Waals surface area contributed by atoms with E-state index in [0.29, 0.717) is 12.1 Å². The molecule has 0 aliphatic carbocycles. The van der Waals surface area contributed by atoms with E-state index in [1.165, 1.54) is 11.2 Å². The Morgan fingerprint density at radius 2 is 2.20 bits per heavy atom. The first-order valence-corrected chi connectivity index (χ1v) is 6.60. The van der Waals surface area contributed by atoms with Crippen LogP contribution in [0.25, 0.3) is 5.65 Å². The Kier molecular flexibility index (Phi) is 3.09. The van der Waals surface area contributed by atoms with Crippen LogP contribution in [0.4, 0.5) is 4.79 Å². The highest BCUT2D eigenvalue weighted by molar-refractivity contribution is 6.04. The van der Waals surface area contributed by atoms with Crippen LogP contribution in [0.3, 0.4) is 0 Å². The lowest BCUT2D eigenvalue weighted by molar-refractivity contribution is -0.128. The number of fused-ring (bicyclic) bond motifs is 1. The molecule has 0 bridgehead atoms. The van der Waals surface area contributed by atoms with E-state index in [1.54, 1.807) is 4.52 Å². The molecule has 104 valence electrons. The van der Waals surface area contributed by atoms with Crippen LogP contribution in [0.5, 0.6) is 0 Å². The summed E-state index contributed by atoms with van der Waals surface area (Å²) in [4.78, 5) is 29.4. The average Bonchev–Trinajstić information content (AvgIpc) is 3.00. The molecule has 0 spiro atoms. The Balaban J connectivity index is 1.86. The number of aromatic nitrogens is 3. The molecule has 3 rings (SSSR count). The Morgan fingerprint density at radius 1 is 1.35 bits per heavy atom. The van der Waals surface area contributed by atoms with E-state index in [2.05, 4.69) is 15.4 Å². The van der Waals surface area contributed by atoms with Crippen molar-refractivity contribution in [2.75, 3.05) is 0 Å². The summed E-state index contributed by atoms with van der Waals surface area (Å²) < 4.78 is 1.63. The van der Waals surface area contributed by atoms with E-state index in [4.69, 9.17) is 0 Å². The minimum atomic E-state index is -0.401. The van der Waals surface area contributed by atoms with Gasteiger partial charge in [0, 0.05) is 0 Å². The smallest absolute Gasteiger partial charge is 0.325 e. The Morgan fingerprint density at radius 3 is 3.00 bits per heavy atom. The molecule has 0 aromatic carbocycles. The first kappa shape index (κ1) is 12.6. The lowest BCUT2D eigenvalue weighted by Gasteiger charge is -2.13. The molecular weight excluding hydrogens is 258 g/mol. The predicted molar refractivity (Wildman–Crippen MR) is 70.8 cm³/mol. The fraction of sp³-hybridized carbons (Fsp3) is 0.385. The van der Waals surface area contributed by atoms with E-state index in [0.717, 1.165) is 12.1 Å². The van der Waals surface area contributed by atoms with Gasteiger partial charge in [-0.25, -0.2) is 14.3 Å². The molecular formula is C13H15N5O2. The molecule has 7 heteroatoms. The quantitative estimate of drug-likeness (QED) is 0.841. The summed E-state index contributed by atoms with van der Waals surface area (Å²) in [6.07, 6.45) is 2.96. The van der Waals surface area contributed by atoms with Crippen LogP contribution < -0.4 is 5.32 Å². The second-order valence-electron chi connectivity index (χ2n) is 4.76. The van der Waals surface area contributed by atoms with Gasteiger partial charge < -0.3 is 5.32 Å². The van der Waals surface area contributed by atoms with E-state index in [-0.39, 0.29) is 18.5 Å². The zero-order valence-corrected chi connectivity index (χ0v) is 11.1. The summed E-state index contributed by atoms with van der Waals surface area (Å²) in [6.45, 7) is 2.18. The number of urea groups is 1. The molecule has 2 aromatic rings. The highest BCUT2D eigenvalue weighted by Gasteiger charge is 2.37. The largest absolute Gasteiger partial charge is 0.326 e. The number of nitrogens with zero attached hydrogens (tertiary/aromatic N) is 4. The first-order chi connectivity index (χ1) is 9.70. The zero-order chi connectivity index (χ0) is 14.1. The minimum absolute atomic E-state index is 0.172. The van der Waals surface area contributed by atoms with Crippen LogP contribution in [0, 0.1) is 0 Å². The second kappa shape index (κ2) is 4.92. The topological polar surface area (TPSA) is 79.6 Å². The lowest BCUT2D eigenvalue weighted by Crippen LogP contribution is -2.31. The van der Waals surface area contributed by atoms with Crippen molar-refractivity contribution in [3.8, 4) is 0 Å². The third-order valence-corrected chi connectivity index (χ3v) is 3.38. The van der Waals surface area contributed by atoms with Crippen LogP contribution in [0.2, 0.25) is 0 Å². The molecule has 1 fully saturated rings. The van der Waals surface area contributed by atoms with Gasteiger partial charge in [-0.05, 0) is 18.6 Å². The lowest BCUT2D eigenvalue weighted by atomic mass is 10.1. The SMILES string of the molecule is CCCC1NC(=O)N(Cc2cccc3ncnn23)C1=O. The van der Waals surface area contributed by atoms with E-state index in [9.17, 15) is 9.59 Å². The molecule has 1 unspecified atom stereocenters. The van der Waals surface area contributed by atoms with Crippen molar-refractivity contribution in [1.82, 2.24) is 24.8 Å². The molecule has 0 saturated carbocycles. The van der Waals surface area contributed by atoms with Gasteiger partial charge in [0.1, 0.15) is 12.4 Å². The van der Waals surface area contributed by atoms with E-state index in [1.807, 2.05) is 25.1 Å². The molecule has 20 heavy (non-hydrogen) atoms. The molecule has 3 amide bonds. The molecule has 1 atom stereocenters. The van der Waals surface area contributed by atoms with Gasteiger partial charge >= 0.3 is 6.03 Å². The highest BCUT2D eigenvalue weighted by Crippen LogP contribution is 2.15. The zero-order valence-electron chi connectivity index (χ0n) is 11.1. The predicted octanol–water partition coefficient (Wildman–Crippen LogP) is 0.950. The van der Waals surface area contributed by atoms with Crippen LogP contribution in [0.15, 0.2) is 24.5 Å². The molecule has 1 N–H and O–H groups in total. The van der Waals surface area contributed by atoms with Crippen LogP contribution in [0.1, 0.15) is 25.5 Å². The Labute approximate surface area is 115 Å². The second-order valence-corrected chi connectivity index (χ2v) is 4.76. The van der Waals surface area contributed by atoms with Gasteiger partial charge in [0.2, 0.25) is 0 Å². The number of imide groups is 1. The number of hydrogen-bond acceptors (Lipinski definition) is 4. The average molecular weight is 273 g/mol. The third-order valence-electron chi connectivity index (χ3n) is 3.38. The maximum Gasteiger partial charge on any atom is 0.325 e. The highest BCUT2D eigenvalue weighted by atomic mass is 16.2. The van der Waals surface area contributed by atoms with Crippen molar-refractivity contribution in [1.29, 1.82) is 0 Å². The molecule has 7 nitrogen and oxygen atoms in total. The van der Waals surface area contributed by atoms with Crippen molar-refractivity contribution in [2.45, 2.75) is 32.4 Å². The van der Waals surface area contributed by atoms with Crippen molar-refractivity contribution >= 4 is 17.6 Å². The van der Waals surface area contributed by atoms with Gasteiger partial charge in [-0.1, -0.05) is 19.4 Å². The van der Waals surface area contributed by atoms with Crippen molar-refractivity contribution < 1.29 is 9.59 Å². The van der Waals surface area contributed by atoms with Gasteiger partial charge in [-0.3, -0.25) is 9.69 Å². The normalized spacial score (nSPS) is 18.9. The van der Waals surface area contributed by atoms with Crippen molar-refractivity contribution in [2.24, 2.45) is 0 Å². The molecule has 3 heterocycles. The summed E-state index contributed by atoms with van der Waals surface area (Å²) in [5, 5.41) is 6.81. The van der Waals surface area contributed by atoms with E-state index < -0.39 is 6.04 Å². The number of nitrogens with one attached hydrogen (secondary N) is 1. The monoisotopic (exact) mass is 273 g/mol. The summed E-state index contributed by atoms with van der Waals surface area (Å²) in [7, 11) is 0. The Hall–Kier alpha value is -2.44. The van der Waals surface area contributed by atoms with Crippen LogP contribution in [-0.2, 0) is 11.3 Å². The molecule has 1 aliphatic heterocycles. The minimum Gasteiger partial charge on any atom is -0.326 e. The number of pyridine rings is 1. The fourth-order valence-electron chi connectivity index (χ4n) is 2.39. The maximum atomic E-state index is 12.2. The first-order valence-electron chi connectivity index (χ1n) is 6.60. The Bertz CT molecular complexity index is 666. The summed E-state index contributed by atoms with van der Waals surface area (Å²) in [6, 6.07) is 4.74. The summed E-state index contributed by atoms with van der Waals surface area (Å²) in [5.74, 6) is -0.172. The third kappa shape index (κ3) is 2.01. The van der Waals surface area contributed by atoms with E-state index >= 15 is 0 Å². The van der Waals surface area contributed by atoms with Crippen LogP contribution in [-0.4, -0.2) is 37.5 Å². The standard InChI is InChI=1S/C13H15N5O2/c1-2-4-10-12(19)17(13(20)16-10)7-9-5-3-6-11-14-8-15-18(9)11/h3,5-6,8,10H,2,4,7H2,1H3,(H,16,20). The molecule has 2 aromatic heterocycles. The number of carbonyl (C=O) groups excluding carboxylic acids is 2. The van der Waals surface area contributed by atoms with Crippen molar-refractivity contribution in [3.63, 3.8) is 0 Å². The number of carbonyl (C=O) groups is 2. The summed E-state index contributed by atoms with van der Waals surface area (Å²) in [5.41, 5.74) is 1.44. The van der Waals surface area contributed by atoms with Gasteiger partial charge in [0.05, 0.1) is 12.2 Å². The fourth-order valence-corrected chi connectivity index (χ4v) is 2.39. The van der Waals surface area contributed by atoms with Crippen LogP contribution >= 0.6 is 0 Å². The molecule has 0 radical (unpaired) electrons. The number of amides is 3. The van der Waals surface area contributed by atoms with Crippen molar-refractivity contribution in [3.05, 3.63) is 30.2 Å². The number of rotatable bonds is 4. The number of hydrogen-bond donors (Lipinski definition) is 1. The maximum absolute atomic E-state index is 12.2.